The van der Waals surface area contributed by atoms with Gasteiger partial charge in [0, 0.05) is 5.57 Å². The fraction of sp³-hybridized carbons (Fsp3) is 0.526. The van der Waals surface area contributed by atoms with Crippen molar-refractivity contribution in [3.8, 4) is 0 Å². The maximum Gasteiger partial charge on any atom is 0.171 e. The Morgan fingerprint density at radius 1 is 1.27 bits per heavy atom. The average Bonchev–Trinajstić information content (AvgIpc) is 2.47. The van der Waals surface area contributed by atoms with Gasteiger partial charge in [-0.05, 0) is 58.6 Å². The first-order chi connectivity index (χ1) is 10.4. The first kappa shape index (κ1) is 16.8. The molecule has 0 unspecified atom stereocenters. The molecule has 2 aliphatic rings. The molecule has 2 bridgehead atoms. The highest BCUT2D eigenvalue weighted by molar-refractivity contribution is 6.03. The second-order valence-electron chi connectivity index (χ2n) is 6.64. The smallest absolute Gasteiger partial charge is 0.171 e. The number of hydrogen-bond acceptors (Lipinski definition) is 3. The largest absolute Gasteiger partial charge is 0.497 e. The predicted molar refractivity (Wildman–Crippen MR) is 88.3 cm³/mol. The van der Waals surface area contributed by atoms with Crippen LogP contribution in [-0.4, -0.2) is 24.1 Å². The Labute approximate surface area is 133 Å². The van der Waals surface area contributed by atoms with Crippen LogP contribution < -0.4 is 0 Å². The van der Waals surface area contributed by atoms with Crippen LogP contribution in [0, 0.1) is 5.41 Å². The Bertz CT molecular complexity index is 577. The van der Waals surface area contributed by atoms with Crippen LogP contribution in [0.3, 0.4) is 0 Å². The van der Waals surface area contributed by atoms with E-state index in [0.29, 0.717) is 11.3 Å². The Morgan fingerprint density at radius 3 is 2.68 bits per heavy atom. The number of ether oxygens (including phenoxy) is 1. The Morgan fingerprint density at radius 2 is 2.00 bits per heavy atom. The van der Waals surface area contributed by atoms with Crippen LogP contribution >= 0.6 is 0 Å². The monoisotopic (exact) mass is 302 g/mol. The van der Waals surface area contributed by atoms with Gasteiger partial charge in [0.25, 0.3) is 0 Å². The van der Waals surface area contributed by atoms with E-state index in [0.717, 1.165) is 31.3 Å². The van der Waals surface area contributed by atoms with Crippen molar-refractivity contribution >= 4 is 5.78 Å². The second-order valence-corrected chi connectivity index (χ2v) is 6.64. The van der Waals surface area contributed by atoms with Crippen molar-refractivity contribution < 1.29 is 14.6 Å². The summed E-state index contributed by atoms with van der Waals surface area (Å²) in [6.07, 6.45) is 10.2. The van der Waals surface area contributed by atoms with E-state index in [2.05, 4.69) is 13.0 Å². The molecule has 0 saturated carbocycles. The predicted octanol–water partition coefficient (Wildman–Crippen LogP) is 3.86. The molecule has 0 fully saturated rings. The molecule has 3 heteroatoms. The van der Waals surface area contributed by atoms with Gasteiger partial charge < -0.3 is 9.84 Å². The van der Waals surface area contributed by atoms with Crippen molar-refractivity contribution in [2.75, 3.05) is 7.11 Å². The molecule has 2 aliphatic carbocycles. The highest BCUT2D eigenvalue weighted by Crippen LogP contribution is 2.37. The van der Waals surface area contributed by atoms with Gasteiger partial charge in [0.15, 0.2) is 5.78 Å². The van der Waals surface area contributed by atoms with Crippen LogP contribution in [0.5, 0.6) is 0 Å². The Balaban J connectivity index is 2.47. The zero-order valence-corrected chi connectivity index (χ0v) is 14.0. The van der Waals surface area contributed by atoms with Gasteiger partial charge in [-0.1, -0.05) is 23.3 Å². The highest BCUT2D eigenvalue weighted by atomic mass is 16.5. The van der Waals surface area contributed by atoms with Crippen molar-refractivity contribution in [3.05, 3.63) is 46.8 Å². The van der Waals surface area contributed by atoms with Crippen LogP contribution in [-0.2, 0) is 9.53 Å². The lowest BCUT2D eigenvalue weighted by Crippen LogP contribution is -2.34. The van der Waals surface area contributed by atoms with Crippen LogP contribution in [0.2, 0.25) is 0 Å². The van der Waals surface area contributed by atoms with E-state index in [-0.39, 0.29) is 5.78 Å². The quantitative estimate of drug-likeness (QED) is 0.748. The molecule has 0 spiro atoms. The molecule has 120 valence electrons. The molecule has 0 radical (unpaired) electrons. The van der Waals surface area contributed by atoms with E-state index in [9.17, 15) is 9.90 Å². The normalized spacial score (nSPS) is 35.0. The van der Waals surface area contributed by atoms with Gasteiger partial charge in [-0.25, -0.2) is 0 Å². The van der Waals surface area contributed by atoms with E-state index in [4.69, 9.17) is 4.74 Å². The van der Waals surface area contributed by atoms with Gasteiger partial charge in [-0.15, -0.1) is 0 Å². The van der Waals surface area contributed by atoms with Crippen LogP contribution in [0.15, 0.2) is 46.8 Å². The Hall–Kier alpha value is -1.61. The van der Waals surface area contributed by atoms with E-state index in [1.165, 1.54) is 5.57 Å². The van der Waals surface area contributed by atoms with Crippen molar-refractivity contribution in [2.24, 2.45) is 5.41 Å². The topological polar surface area (TPSA) is 46.5 Å². The SMILES string of the molecule is COC1=C[C@]2(C)CC/C(C)=C/CC/C(C)=C/[C@H](O)C(=C1)C2=O. The third-order valence-corrected chi connectivity index (χ3v) is 4.61. The molecule has 0 amide bonds. The lowest BCUT2D eigenvalue weighted by molar-refractivity contribution is -0.123. The number of rotatable bonds is 1. The molecular formula is C19H26O3. The first-order valence-corrected chi connectivity index (χ1v) is 7.90. The molecule has 3 nitrogen and oxygen atoms in total. The van der Waals surface area contributed by atoms with Gasteiger partial charge in [0.1, 0.15) is 11.9 Å². The van der Waals surface area contributed by atoms with Gasteiger partial charge in [-0.2, -0.15) is 0 Å². The molecule has 2 rings (SSSR count). The summed E-state index contributed by atoms with van der Waals surface area (Å²) in [5, 5.41) is 10.5. The minimum absolute atomic E-state index is 0.00164. The van der Waals surface area contributed by atoms with Gasteiger partial charge in [0.2, 0.25) is 0 Å². The van der Waals surface area contributed by atoms with Gasteiger partial charge >= 0.3 is 0 Å². The molecule has 0 aromatic rings. The third-order valence-electron chi connectivity index (χ3n) is 4.61. The number of allylic oxidation sites excluding steroid dienone is 5. The van der Waals surface area contributed by atoms with Crippen LogP contribution in [0.1, 0.15) is 46.5 Å². The summed E-state index contributed by atoms with van der Waals surface area (Å²) in [4.78, 5) is 12.9. The molecule has 0 aromatic carbocycles. The van der Waals surface area contributed by atoms with Crippen LogP contribution in [0.25, 0.3) is 0 Å². The summed E-state index contributed by atoms with van der Waals surface area (Å²) >= 11 is 0. The number of aliphatic hydroxyl groups excluding tert-OH is 1. The maximum absolute atomic E-state index is 12.9. The van der Waals surface area contributed by atoms with Gasteiger partial charge in [0.05, 0.1) is 12.5 Å². The molecular weight excluding hydrogens is 276 g/mol. The zero-order chi connectivity index (χ0) is 16.3. The van der Waals surface area contributed by atoms with Crippen molar-refractivity contribution in [1.82, 2.24) is 0 Å². The van der Waals surface area contributed by atoms with Crippen molar-refractivity contribution in [3.63, 3.8) is 0 Å². The fourth-order valence-electron chi connectivity index (χ4n) is 3.04. The summed E-state index contributed by atoms with van der Waals surface area (Å²) in [5.74, 6) is 0.652. The van der Waals surface area contributed by atoms with E-state index >= 15 is 0 Å². The lowest BCUT2D eigenvalue weighted by Gasteiger charge is -2.31. The fourth-order valence-corrected chi connectivity index (χ4v) is 3.04. The molecule has 2 atom stereocenters. The van der Waals surface area contributed by atoms with E-state index in [1.54, 1.807) is 19.3 Å². The molecule has 0 aliphatic heterocycles. The first-order valence-electron chi connectivity index (χ1n) is 7.90. The number of ketones is 1. The maximum atomic E-state index is 12.9. The number of aliphatic hydroxyl groups is 1. The molecule has 0 heterocycles. The van der Waals surface area contributed by atoms with Gasteiger partial charge in [-0.3, -0.25) is 4.79 Å². The van der Waals surface area contributed by atoms with Crippen molar-refractivity contribution in [2.45, 2.75) is 52.6 Å². The highest BCUT2D eigenvalue weighted by Gasteiger charge is 2.38. The number of carbonyl (C=O) groups is 1. The number of carbonyl (C=O) groups excluding carboxylic acids is 1. The minimum atomic E-state index is -0.866. The number of Topliss-reactive ketones (excluding diaryl/α,β-unsaturated/α-hetero) is 1. The third kappa shape index (κ3) is 3.58. The minimum Gasteiger partial charge on any atom is -0.497 e. The Kier molecular flexibility index (Phi) is 5.07. The molecule has 0 saturated heterocycles. The molecule has 1 N–H and O–H groups in total. The second kappa shape index (κ2) is 6.66. The average molecular weight is 302 g/mol. The summed E-state index contributed by atoms with van der Waals surface area (Å²) in [6.45, 7) is 6.05. The summed E-state index contributed by atoms with van der Waals surface area (Å²) < 4.78 is 5.35. The zero-order valence-electron chi connectivity index (χ0n) is 14.0. The number of methoxy groups -OCH3 is 1. The molecule has 22 heavy (non-hydrogen) atoms. The number of fused-ring (bicyclic) bond motifs is 2. The molecule has 0 aromatic heterocycles. The van der Waals surface area contributed by atoms with E-state index < -0.39 is 11.5 Å². The summed E-state index contributed by atoms with van der Waals surface area (Å²) in [5.41, 5.74) is 2.22. The van der Waals surface area contributed by atoms with E-state index in [1.807, 2.05) is 19.9 Å². The van der Waals surface area contributed by atoms with Crippen molar-refractivity contribution in [1.29, 1.82) is 0 Å². The standard InChI is InChI=1S/C19H26O3/c1-13-6-5-7-14(2)10-17(20)16-11-15(22-4)12-19(3,9-8-13)18(16)21/h6,10-12,17,20H,5,7-9H2,1-4H3/b13-6+,14-10+/t17-,19-/m0/s1. The number of hydrogen-bond donors (Lipinski definition) is 1. The summed E-state index contributed by atoms with van der Waals surface area (Å²) in [6, 6.07) is 0. The summed E-state index contributed by atoms with van der Waals surface area (Å²) in [7, 11) is 1.60. The van der Waals surface area contributed by atoms with Crippen LogP contribution in [0.4, 0.5) is 0 Å². The lowest BCUT2D eigenvalue weighted by atomic mass is 9.73.